The van der Waals surface area contributed by atoms with Gasteiger partial charge in [-0.25, -0.2) is 6.57 Å². The molecule has 0 fully saturated rings. The van der Waals surface area contributed by atoms with Crippen LogP contribution in [-0.2, 0) is 0 Å². The van der Waals surface area contributed by atoms with E-state index in [-0.39, 0.29) is 6.04 Å². The minimum atomic E-state index is -0.00500. The molecule has 8 nitrogen and oxygen atoms in total. The van der Waals surface area contributed by atoms with E-state index in [1.165, 1.54) is 50.5 Å². The van der Waals surface area contributed by atoms with E-state index in [0.717, 1.165) is 86.9 Å². The molecule has 0 saturated heterocycles. The van der Waals surface area contributed by atoms with E-state index in [2.05, 4.69) is 250 Å². The highest BCUT2D eigenvalue weighted by atomic mass is 14.7. The van der Waals surface area contributed by atoms with Gasteiger partial charge in [0.25, 0.3) is 0 Å². The van der Waals surface area contributed by atoms with E-state index < -0.39 is 0 Å². The van der Waals surface area contributed by atoms with Crippen molar-refractivity contribution >= 4 is 5.87 Å². The molecule has 8 heteroatoms. The first-order valence-corrected chi connectivity index (χ1v) is 37.8. The lowest BCUT2D eigenvalue weighted by atomic mass is 9.96. The first-order chi connectivity index (χ1) is 45.6. The molecule has 0 aromatic carbocycles. The zero-order valence-corrected chi connectivity index (χ0v) is 74.5. The summed E-state index contributed by atoms with van der Waals surface area (Å²) >= 11 is 0. The number of unbranched alkanes of at least 4 members (excludes halogenated alkanes) is 3. The minimum absolute atomic E-state index is 0.00500. The van der Waals surface area contributed by atoms with Gasteiger partial charge in [-0.2, -0.15) is 77.2 Å². The molecule has 0 bridgehead atoms. The highest BCUT2D eigenvalue weighted by Crippen LogP contribution is 2.17. The average molecular weight is 1360 g/mol. The fourth-order valence-electron chi connectivity index (χ4n) is 3.84. The van der Waals surface area contributed by atoms with Crippen molar-refractivity contribution in [2.24, 2.45) is 59.2 Å². The van der Waals surface area contributed by atoms with Crippen molar-refractivity contribution in [3.63, 3.8) is 0 Å². The van der Waals surface area contributed by atoms with E-state index >= 15 is 0 Å². The molecule has 0 rings (SSSR count). The Kier molecular flexibility index (Phi) is 308. The number of rotatable bonds is 21. The zero-order chi connectivity index (χ0) is 82.7. The Bertz CT molecular complexity index is 1310. The molecular formula is C89H182N8-10. The van der Waals surface area contributed by atoms with Crippen LogP contribution in [0.3, 0.4) is 0 Å². The van der Waals surface area contributed by atoms with Gasteiger partial charge in [0.15, 0.2) is 0 Å². The second-order valence-corrected chi connectivity index (χ2v) is 23.9. The fourth-order valence-corrected chi connectivity index (χ4v) is 3.84. The monoisotopic (exact) mass is 1360 g/mol. The van der Waals surface area contributed by atoms with Crippen LogP contribution in [0.2, 0.25) is 0 Å². The Hall–Kier alpha value is -5.16. The van der Waals surface area contributed by atoms with Gasteiger partial charge in [-0.05, 0) is 61.7 Å². The summed E-state index contributed by atoms with van der Waals surface area (Å²) in [6.45, 7) is 135. The second kappa shape index (κ2) is 198. The molecule has 4 unspecified atom stereocenters. The van der Waals surface area contributed by atoms with E-state index in [1.807, 2.05) is 117 Å². The minimum Gasteiger partial charge on any atom is -0.764 e. The van der Waals surface area contributed by atoms with Gasteiger partial charge in [0.05, 0.1) is 12.1 Å². The maximum Gasteiger partial charge on any atom is 0.227 e. The smallest absolute Gasteiger partial charge is 0.227 e. The van der Waals surface area contributed by atoms with Crippen LogP contribution >= 0.6 is 0 Å². The van der Waals surface area contributed by atoms with Gasteiger partial charge in [-0.15, -0.1) is 6.92 Å². The summed E-state index contributed by atoms with van der Waals surface area (Å²) < 4.78 is 0. The summed E-state index contributed by atoms with van der Waals surface area (Å²) in [4.78, 5) is 15.9. The Labute approximate surface area is 623 Å². The molecule has 0 aliphatic heterocycles. The highest BCUT2D eigenvalue weighted by Gasteiger charge is 2.12. The molecule has 0 heterocycles. The third kappa shape index (κ3) is 591. The molecule has 0 aliphatic carbocycles. The highest BCUT2D eigenvalue weighted by molar-refractivity contribution is 5.54. The van der Waals surface area contributed by atoms with Crippen molar-refractivity contribution in [1.29, 1.82) is 10.5 Å². The van der Waals surface area contributed by atoms with Gasteiger partial charge in [-0.1, -0.05) is 338 Å². The number of hydrogen-bond acceptors (Lipinski definition) is 2. The first-order valence-electron chi connectivity index (χ1n) is 37.8. The quantitative estimate of drug-likeness (QED) is 0.0651. The van der Waals surface area contributed by atoms with E-state index in [0.29, 0.717) is 30.1 Å². The third-order valence-corrected chi connectivity index (χ3v) is 7.08. The first kappa shape index (κ1) is 151. The summed E-state index contributed by atoms with van der Waals surface area (Å²) in [5, 5.41) is 23.3. The largest absolute Gasteiger partial charge is 0.764 e. The second-order valence-electron chi connectivity index (χ2n) is 23.9. The Morgan fingerprint density at radius 3 is 0.670 bits per heavy atom. The normalized spacial score (nSPS) is 9.05. The summed E-state index contributed by atoms with van der Waals surface area (Å²) in [7, 11) is 0. The van der Waals surface area contributed by atoms with Gasteiger partial charge in [0, 0.05) is 25.0 Å². The molecule has 588 valence electrons. The van der Waals surface area contributed by atoms with E-state index in [4.69, 9.17) is 48.8 Å². The van der Waals surface area contributed by atoms with Crippen molar-refractivity contribution in [3.8, 4) is 12.1 Å². The van der Waals surface area contributed by atoms with Gasteiger partial charge in [0.1, 0.15) is 0 Å². The van der Waals surface area contributed by atoms with Gasteiger partial charge in [0.2, 0.25) is 6.04 Å². The molecule has 97 heavy (non-hydrogen) atoms. The maximum absolute atomic E-state index is 8.33. The number of nitriles is 2. The molecule has 0 saturated carbocycles. The fraction of sp³-hybridized carbons (Fsp3) is 0.753. The molecule has 5 atom stereocenters. The van der Waals surface area contributed by atoms with Crippen molar-refractivity contribution < 1.29 is 0 Å². The number of nitrogens with zero attached hydrogens (tertiary/aromatic N) is 8. The summed E-state index contributed by atoms with van der Waals surface area (Å²) in [5.74, 6) is 9.44. The lowest BCUT2D eigenvalue weighted by Gasteiger charge is -2.14. The Morgan fingerprint density at radius 2 is 0.567 bits per heavy atom. The standard InChI is InChI=1S/C11H16N2.3C8H13N.C5H11.7C4H10.C3H4N.2C3H3N.6C2H6/c1-4-6-10(2)9-11(13-3)7-5-8-12;3*1-4-5-8(2)6-7-9-3;1-3-5-4-2;6*1-4(2)3;2*1-3-4-2;2*1-2-3-4;6*1-2/h4-5,10-11H,6-7,9H2,1-2H3;3*4,7-8H,5-6H2,1-2H3;3H,4-5H2,1-2H3;6*4H,1-3H3;3-4H2,1-2H3;3H,1H3;2*2H,1H2;6*1-2H3/q4*-2;-1;;;;;;;;-1;;;;;;;;/t10?,11-;;;;;;;;;;;;;;;;;;;;/m0..................../s1. The summed E-state index contributed by atoms with van der Waals surface area (Å²) in [6, 6.07) is 3.38. The molecule has 0 aliphatic rings. The van der Waals surface area contributed by atoms with E-state index in [9.17, 15) is 0 Å². The van der Waals surface area contributed by atoms with Crippen LogP contribution < -0.4 is 0 Å². The third-order valence-electron chi connectivity index (χ3n) is 7.08. The van der Waals surface area contributed by atoms with Crippen LogP contribution in [0.15, 0.2) is 31.4 Å². The molecular weight excluding hydrogens is 1180 g/mol. The Morgan fingerprint density at radius 1 is 0.371 bits per heavy atom. The van der Waals surface area contributed by atoms with Crippen LogP contribution in [-0.4, -0.2) is 11.9 Å². The predicted molar refractivity (Wildman–Crippen MR) is 459 cm³/mol. The topological polar surface area (TPSA) is 91.7 Å². The van der Waals surface area contributed by atoms with Crippen LogP contribution in [0.5, 0.6) is 0 Å². The van der Waals surface area contributed by atoms with Crippen molar-refractivity contribution in [2.45, 2.75) is 387 Å². The summed E-state index contributed by atoms with van der Waals surface area (Å²) in [5.41, 5.74) is 0. The van der Waals surface area contributed by atoms with Gasteiger partial charge in [-0.3, -0.25) is 32.2 Å². The van der Waals surface area contributed by atoms with Crippen molar-refractivity contribution in [3.05, 3.63) is 152 Å². The van der Waals surface area contributed by atoms with Crippen LogP contribution in [0.4, 0.5) is 0 Å². The molecule has 0 aromatic rings. The molecule has 0 N–H and O–H groups in total. The number of hydrogen-bond donors (Lipinski definition) is 0. The average Bonchev–Trinajstić information content (AvgIpc) is 2.67. The van der Waals surface area contributed by atoms with Crippen LogP contribution in [0.25, 0.3) is 29.6 Å². The van der Waals surface area contributed by atoms with Gasteiger partial charge < -0.3 is 61.7 Å². The SMILES string of the molecule is C=CC#N.C=CC#N.CC.CC.CC.CC.CC.CC.CC(C)C.CC(C)C.CC(C)C.CC(C)C.CC(C)C.CC(C)C.CCCC.C[CH-]CCC.[C-]#[N+][C@@H](CC=C=[N-])CC(C)C[CH-]C.[C-]#[N+][CH-]C.[C-]#[N+][CH-]CC(C)C[CH-]C.[C-]#[N+][CH-]CC(C)C[CH-]C.[C-]#[N+][CH-]CC(C)C[CH-]C. The van der Waals surface area contributed by atoms with Gasteiger partial charge >= 0.3 is 0 Å². The molecule has 0 aromatic heterocycles. The van der Waals surface area contributed by atoms with Crippen LogP contribution in [0.1, 0.15) is 381 Å². The van der Waals surface area contributed by atoms with E-state index in [1.54, 1.807) is 38.7 Å². The number of allylic oxidation sites excluding steroid dienone is 2. The maximum atomic E-state index is 8.33. The van der Waals surface area contributed by atoms with Crippen molar-refractivity contribution in [1.82, 2.24) is 0 Å². The lowest BCUT2D eigenvalue weighted by molar-refractivity contribution is 0.490. The lowest BCUT2D eigenvalue weighted by Crippen LogP contribution is -2.07. The molecule has 0 radical (unpaired) electrons. The molecule has 0 amide bonds. The Balaban J connectivity index is -0.0000000338. The molecule has 0 spiro atoms. The predicted octanol–water partition coefficient (Wildman–Crippen LogP) is 33.7. The zero-order valence-electron chi connectivity index (χ0n) is 74.5. The van der Waals surface area contributed by atoms with Crippen molar-refractivity contribution in [2.75, 3.05) is 0 Å². The summed E-state index contributed by atoms with van der Waals surface area (Å²) in [6.07, 6.45) is 28.5. The van der Waals surface area contributed by atoms with Crippen LogP contribution in [0, 0.1) is 173 Å².